The highest BCUT2D eigenvalue weighted by Gasteiger charge is 2.01. The maximum atomic E-state index is 4.20. The molecule has 3 heteroatoms. The highest BCUT2D eigenvalue weighted by atomic mass is 32.1. The molecule has 2 nitrogen and oxygen atoms in total. The fourth-order valence-corrected chi connectivity index (χ4v) is 2.01. The van der Waals surface area contributed by atoms with Gasteiger partial charge < -0.3 is 5.32 Å². The summed E-state index contributed by atoms with van der Waals surface area (Å²) in [4.78, 5) is 4.20. The molecule has 2 aromatic rings. The Morgan fingerprint density at radius 3 is 2.33 bits per heavy atom. The maximum absolute atomic E-state index is 4.20. The minimum absolute atomic E-state index is 0.919. The Bertz CT molecular complexity index is 437. The van der Waals surface area contributed by atoms with Gasteiger partial charge in [-0.2, -0.15) is 0 Å². The van der Waals surface area contributed by atoms with Gasteiger partial charge in [0.05, 0.1) is 5.51 Å². The van der Waals surface area contributed by atoms with E-state index in [1.165, 1.54) is 16.7 Å². The van der Waals surface area contributed by atoms with Crippen LogP contribution in [0.15, 0.2) is 23.0 Å². The number of nitrogens with one attached hydrogen (secondary N) is 1. The van der Waals surface area contributed by atoms with Crippen molar-refractivity contribution >= 4 is 22.8 Å². The van der Waals surface area contributed by atoms with Gasteiger partial charge in [-0.05, 0) is 49.6 Å². The lowest BCUT2D eigenvalue weighted by Gasteiger charge is -2.09. The second kappa shape index (κ2) is 4.03. The predicted molar refractivity (Wildman–Crippen MR) is 66.0 cm³/mol. The monoisotopic (exact) mass is 218 g/mol. The van der Waals surface area contributed by atoms with Crippen LogP contribution < -0.4 is 5.32 Å². The molecule has 1 aromatic carbocycles. The van der Waals surface area contributed by atoms with Crippen LogP contribution in [-0.4, -0.2) is 4.98 Å². The first-order chi connectivity index (χ1) is 7.16. The largest absolute Gasteiger partial charge is 0.340 e. The second-order valence-corrected chi connectivity index (χ2v) is 4.45. The van der Waals surface area contributed by atoms with E-state index in [-0.39, 0.29) is 0 Å². The van der Waals surface area contributed by atoms with Crippen molar-refractivity contribution in [2.75, 3.05) is 5.32 Å². The number of benzene rings is 1. The molecule has 1 heterocycles. The van der Waals surface area contributed by atoms with Crippen LogP contribution in [0, 0.1) is 20.8 Å². The van der Waals surface area contributed by atoms with Gasteiger partial charge in [-0.3, -0.25) is 0 Å². The summed E-state index contributed by atoms with van der Waals surface area (Å²) in [5, 5.41) is 5.30. The van der Waals surface area contributed by atoms with E-state index in [2.05, 4.69) is 43.2 Å². The molecule has 0 amide bonds. The molecule has 0 aliphatic rings. The molecular weight excluding hydrogens is 204 g/mol. The highest BCUT2D eigenvalue weighted by Crippen LogP contribution is 2.22. The van der Waals surface area contributed by atoms with Crippen LogP contribution in [0.5, 0.6) is 0 Å². The van der Waals surface area contributed by atoms with Gasteiger partial charge in [0.2, 0.25) is 0 Å². The van der Waals surface area contributed by atoms with E-state index < -0.39 is 0 Å². The number of hydrogen-bond donors (Lipinski definition) is 1. The van der Waals surface area contributed by atoms with Crippen molar-refractivity contribution in [3.8, 4) is 0 Å². The Labute approximate surface area is 94.0 Å². The van der Waals surface area contributed by atoms with Gasteiger partial charge in [-0.15, -0.1) is 11.3 Å². The molecule has 0 spiro atoms. The number of rotatable bonds is 2. The lowest BCUT2D eigenvalue weighted by molar-refractivity contribution is 1.26. The molecule has 0 aliphatic carbocycles. The molecule has 0 aliphatic heterocycles. The fraction of sp³-hybridized carbons (Fsp3) is 0.250. The average molecular weight is 218 g/mol. The Hall–Kier alpha value is -1.35. The highest BCUT2D eigenvalue weighted by molar-refractivity contribution is 7.07. The average Bonchev–Trinajstić information content (AvgIpc) is 2.66. The van der Waals surface area contributed by atoms with Gasteiger partial charge >= 0.3 is 0 Å². The minimum atomic E-state index is 0.919. The lowest BCUT2D eigenvalue weighted by Crippen LogP contribution is -1.94. The topological polar surface area (TPSA) is 24.9 Å². The summed E-state index contributed by atoms with van der Waals surface area (Å²) in [6, 6.07) is 4.31. The van der Waals surface area contributed by atoms with Crippen LogP contribution >= 0.6 is 11.3 Å². The molecular formula is C12H14N2S. The minimum Gasteiger partial charge on any atom is -0.340 e. The van der Waals surface area contributed by atoms with Crippen molar-refractivity contribution in [1.82, 2.24) is 4.98 Å². The molecule has 0 atom stereocenters. The van der Waals surface area contributed by atoms with Gasteiger partial charge in [0.1, 0.15) is 5.82 Å². The molecule has 0 fully saturated rings. The first-order valence-electron chi connectivity index (χ1n) is 4.90. The standard InChI is InChI=1S/C12H14N2S/c1-8-4-11(5-9(2)10(8)3)14-12-6-15-7-13-12/h4-7,14H,1-3H3. The van der Waals surface area contributed by atoms with Crippen molar-refractivity contribution < 1.29 is 0 Å². The van der Waals surface area contributed by atoms with E-state index in [4.69, 9.17) is 0 Å². The number of nitrogens with zero attached hydrogens (tertiary/aromatic N) is 1. The number of aryl methyl sites for hydroxylation is 2. The quantitative estimate of drug-likeness (QED) is 0.829. The van der Waals surface area contributed by atoms with Crippen molar-refractivity contribution in [1.29, 1.82) is 0 Å². The smallest absolute Gasteiger partial charge is 0.141 e. The van der Waals surface area contributed by atoms with E-state index in [0.717, 1.165) is 11.5 Å². The van der Waals surface area contributed by atoms with Gasteiger partial charge in [0, 0.05) is 11.1 Å². The van der Waals surface area contributed by atoms with Crippen LogP contribution in [0.25, 0.3) is 0 Å². The van der Waals surface area contributed by atoms with E-state index in [1.54, 1.807) is 11.3 Å². The third-order valence-corrected chi connectivity index (χ3v) is 3.22. The predicted octanol–water partition coefficient (Wildman–Crippen LogP) is 3.81. The van der Waals surface area contributed by atoms with Crippen LogP contribution in [-0.2, 0) is 0 Å². The molecule has 0 bridgehead atoms. The van der Waals surface area contributed by atoms with Crippen LogP contribution in [0.1, 0.15) is 16.7 Å². The molecule has 0 saturated carbocycles. The summed E-state index contributed by atoms with van der Waals surface area (Å²) in [5.74, 6) is 0.919. The zero-order valence-electron chi connectivity index (χ0n) is 9.16. The number of hydrogen-bond acceptors (Lipinski definition) is 3. The van der Waals surface area contributed by atoms with E-state index >= 15 is 0 Å². The van der Waals surface area contributed by atoms with E-state index in [0.29, 0.717) is 0 Å². The zero-order valence-corrected chi connectivity index (χ0v) is 9.98. The summed E-state index contributed by atoms with van der Waals surface area (Å²) >= 11 is 1.60. The Morgan fingerprint density at radius 1 is 1.13 bits per heavy atom. The summed E-state index contributed by atoms with van der Waals surface area (Å²) in [6.07, 6.45) is 0. The zero-order chi connectivity index (χ0) is 10.8. The second-order valence-electron chi connectivity index (χ2n) is 3.73. The molecule has 0 saturated heterocycles. The summed E-state index contributed by atoms with van der Waals surface area (Å²) < 4.78 is 0. The Morgan fingerprint density at radius 2 is 1.80 bits per heavy atom. The summed E-state index contributed by atoms with van der Waals surface area (Å²) in [7, 11) is 0. The third-order valence-electron chi connectivity index (χ3n) is 2.63. The summed E-state index contributed by atoms with van der Waals surface area (Å²) in [6.45, 7) is 6.42. The van der Waals surface area contributed by atoms with Gasteiger partial charge in [0.15, 0.2) is 0 Å². The molecule has 78 valence electrons. The Kier molecular flexibility index (Phi) is 2.73. The number of thiazole rings is 1. The summed E-state index contributed by atoms with van der Waals surface area (Å²) in [5.41, 5.74) is 6.93. The van der Waals surface area contributed by atoms with Crippen molar-refractivity contribution in [2.24, 2.45) is 0 Å². The van der Waals surface area contributed by atoms with Crippen molar-refractivity contribution in [2.45, 2.75) is 20.8 Å². The van der Waals surface area contributed by atoms with Crippen LogP contribution in [0.4, 0.5) is 11.5 Å². The molecule has 0 unspecified atom stereocenters. The molecule has 15 heavy (non-hydrogen) atoms. The fourth-order valence-electron chi connectivity index (χ4n) is 1.53. The third kappa shape index (κ3) is 2.18. The lowest BCUT2D eigenvalue weighted by atomic mass is 10.0. The van der Waals surface area contributed by atoms with Crippen LogP contribution in [0.3, 0.4) is 0 Å². The first-order valence-corrected chi connectivity index (χ1v) is 5.84. The Balaban J connectivity index is 2.30. The number of aromatic nitrogens is 1. The number of anilines is 2. The normalized spacial score (nSPS) is 10.3. The van der Waals surface area contributed by atoms with E-state index in [9.17, 15) is 0 Å². The maximum Gasteiger partial charge on any atom is 0.141 e. The van der Waals surface area contributed by atoms with Gasteiger partial charge in [-0.25, -0.2) is 4.98 Å². The van der Waals surface area contributed by atoms with Gasteiger partial charge in [-0.1, -0.05) is 0 Å². The van der Waals surface area contributed by atoms with Crippen LogP contribution in [0.2, 0.25) is 0 Å². The molecule has 1 aromatic heterocycles. The first kappa shape index (κ1) is 10.2. The molecule has 1 N–H and O–H groups in total. The van der Waals surface area contributed by atoms with Crippen molar-refractivity contribution in [3.63, 3.8) is 0 Å². The molecule has 0 radical (unpaired) electrons. The van der Waals surface area contributed by atoms with Gasteiger partial charge in [0.25, 0.3) is 0 Å². The van der Waals surface area contributed by atoms with Crippen molar-refractivity contribution in [3.05, 3.63) is 39.7 Å². The SMILES string of the molecule is Cc1cc(Nc2cscn2)cc(C)c1C. The molecule has 2 rings (SSSR count). The van der Waals surface area contributed by atoms with E-state index in [1.807, 2.05) is 10.9 Å².